The molecule has 1 amide bonds. The van der Waals surface area contributed by atoms with Crippen LogP contribution in [0.25, 0.3) is 11.1 Å². The molecule has 4 aromatic rings. The van der Waals surface area contributed by atoms with Crippen molar-refractivity contribution in [1.29, 1.82) is 0 Å². The van der Waals surface area contributed by atoms with Crippen molar-refractivity contribution in [1.82, 2.24) is 15.3 Å². The summed E-state index contributed by atoms with van der Waals surface area (Å²) in [6, 6.07) is 20.8. The van der Waals surface area contributed by atoms with Crippen LogP contribution in [0.1, 0.15) is 45.3 Å². The van der Waals surface area contributed by atoms with Gasteiger partial charge in [-0.3, -0.25) is 4.79 Å². The highest BCUT2D eigenvalue weighted by molar-refractivity contribution is 7.98. The molecule has 0 aliphatic heterocycles. The molecule has 2 atom stereocenters. The number of carbonyl (C=O) groups excluding carboxylic acids is 1. The number of thioether (sulfide) groups is 1. The van der Waals surface area contributed by atoms with Crippen molar-refractivity contribution in [2.75, 3.05) is 12.0 Å². The Labute approximate surface area is 232 Å². The quantitative estimate of drug-likeness (QED) is 0.202. The molecule has 1 unspecified atom stereocenters. The lowest BCUT2D eigenvalue weighted by atomic mass is 9.87. The van der Waals surface area contributed by atoms with Gasteiger partial charge >= 0.3 is 5.97 Å². The highest BCUT2D eigenvalue weighted by Crippen LogP contribution is 2.30. The molecule has 3 N–H and O–H groups in total. The van der Waals surface area contributed by atoms with Gasteiger partial charge in [-0.05, 0) is 78.1 Å². The van der Waals surface area contributed by atoms with Crippen molar-refractivity contribution in [3.63, 3.8) is 0 Å². The number of rotatable bonds is 12. The smallest absolute Gasteiger partial charge is 0.326 e. The number of aromatic amines is 1. The van der Waals surface area contributed by atoms with Gasteiger partial charge in [0.15, 0.2) is 0 Å². The van der Waals surface area contributed by atoms with Gasteiger partial charge in [-0.2, -0.15) is 11.8 Å². The largest absolute Gasteiger partial charge is 0.480 e. The number of nitrogens with zero attached hydrogens (tertiary/aromatic N) is 1. The van der Waals surface area contributed by atoms with Gasteiger partial charge in [-0.1, -0.05) is 54.6 Å². The van der Waals surface area contributed by atoms with Gasteiger partial charge in [0.1, 0.15) is 17.7 Å². The van der Waals surface area contributed by atoms with Crippen LogP contribution in [-0.4, -0.2) is 45.0 Å². The van der Waals surface area contributed by atoms with Crippen LogP contribution in [0, 0.1) is 12.7 Å². The fourth-order valence-electron chi connectivity index (χ4n) is 4.63. The number of hydrogen-bond acceptors (Lipinski definition) is 4. The minimum atomic E-state index is -1.05. The van der Waals surface area contributed by atoms with E-state index in [0.29, 0.717) is 30.6 Å². The average Bonchev–Trinajstić information content (AvgIpc) is 3.35. The Morgan fingerprint density at radius 2 is 1.79 bits per heavy atom. The van der Waals surface area contributed by atoms with Crippen LogP contribution in [-0.2, 0) is 17.6 Å². The molecular formula is C31H32FN3O3S. The first kappa shape index (κ1) is 28.1. The summed E-state index contributed by atoms with van der Waals surface area (Å²) in [4.78, 5) is 32.8. The molecule has 0 spiro atoms. The molecule has 1 aromatic heterocycles. The number of aryl methyl sites for hydroxylation is 1. The zero-order chi connectivity index (χ0) is 27.8. The Morgan fingerprint density at radius 3 is 2.44 bits per heavy atom. The Bertz CT molecular complexity index is 1410. The maximum atomic E-state index is 13.7. The van der Waals surface area contributed by atoms with E-state index in [0.717, 1.165) is 33.8 Å². The number of halogens is 1. The summed E-state index contributed by atoms with van der Waals surface area (Å²) >= 11 is 1.54. The molecular weight excluding hydrogens is 513 g/mol. The third-order valence-electron chi connectivity index (χ3n) is 6.65. The predicted molar refractivity (Wildman–Crippen MR) is 154 cm³/mol. The lowest BCUT2D eigenvalue weighted by molar-refractivity contribution is -0.139. The van der Waals surface area contributed by atoms with Crippen LogP contribution in [0.2, 0.25) is 0 Å². The van der Waals surface area contributed by atoms with Gasteiger partial charge < -0.3 is 15.4 Å². The summed E-state index contributed by atoms with van der Waals surface area (Å²) in [6.07, 6.45) is 5.31. The van der Waals surface area contributed by atoms with E-state index in [9.17, 15) is 19.1 Å². The summed E-state index contributed by atoms with van der Waals surface area (Å²) in [5.41, 5.74) is 4.97. The van der Waals surface area contributed by atoms with Crippen LogP contribution in [0.4, 0.5) is 4.39 Å². The number of nitrogens with one attached hydrogen (secondary N) is 2. The van der Waals surface area contributed by atoms with Crippen molar-refractivity contribution in [2.45, 2.75) is 38.1 Å². The monoisotopic (exact) mass is 545 g/mol. The first-order valence-corrected chi connectivity index (χ1v) is 14.2. The third kappa shape index (κ3) is 7.57. The van der Waals surface area contributed by atoms with Crippen molar-refractivity contribution >= 4 is 23.6 Å². The standard InChI is InChI=1S/C31H32FN3O3S/c1-20-19-33-29(34-20)18-24(22-9-11-25(32)12-10-22)16-21-8-13-26(27(17-21)23-6-4-3-5-7-23)30(36)35-28(31(37)38)14-15-39-2/h3-13,17,19,24,28H,14-16,18H2,1-2H3,(H,33,34)(H,35,36)(H,37,38)/t24?,28-/m0/s1. The van der Waals surface area contributed by atoms with E-state index in [4.69, 9.17) is 0 Å². The number of H-pyrrole nitrogens is 1. The summed E-state index contributed by atoms with van der Waals surface area (Å²) in [5.74, 6) is -0.263. The topological polar surface area (TPSA) is 95.1 Å². The van der Waals surface area contributed by atoms with E-state index in [1.807, 2.05) is 55.6 Å². The van der Waals surface area contributed by atoms with E-state index in [2.05, 4.69) is 15.3 Å². The molecule has 3 aromatic carbocycles. The Hall–Kier alpha value is -3.91. The van der Waals surface area contributed by atoms with E-state index in [-0.39, 0.29) is 11.7 Å². The molecule has 0 aliphatic rings. The molecule has 0 fully saturated rings. The second kappa shape index (κ2) is 13.2. The molecule has 0 bridgehead atoms. The van der Waals surface area contributed by atoms with E-state index in [1.165, 1.54) is 23.9 Å². The summed E-state index contributed by atoms with van der Waals surface area (Å²) in [5, 5.41) is 12.3. The lowest BCUT2D eigenvalue weighted by Crippen LogP contribution is -2.41. The van der Waals surface area contributed by atoms with Gasteiger partial charge in [0.05, 0.1) is 0 Å². The van der Waals surface area contributed by atoms with Gasteiger partial charge in [0.2, 0.25) is 0 Å². The van der Waals surface area contributed by atoms with Crippen LogP contribution in [0.5, 0.6) is 0 Å². The number of carbonyl (C=O) groups is 2. The van der Waals surface area contributed by atoms with Crippen LogP contribution in [0.15, 0.2) is 79.0 Å². The molecule has 1 heterocycles. The molecule has 4 rings (SSSR count). The van der Waals surface area contributed by atoms with Crippen molar-refractivity contribution in [2.24, 2.45) is 0 Å². The third-order valence-corrected chi connectivity index (χ3v) is 7.29. The zero-order valence-electron chi connectivity index (χ0n) is 22.0. The number of carboxylic acid groups (broad SMARTS) is 1. The molecule has 0 saturated carbocycles. The molecule has 202 valence electrons. The SMILES string of the molecule is CSCC[C@H](NC(=O)c1ccc(CC(Cc2ncc(C)[nH]2)c2ccc(F)cc2)cc1-c1ccccc1)C(=O)O. The predicted octanol–water partition coefficient (Wildman–Crippen LogP) is 6.03. The van der Waals surface area contributed by atoms with Crippen LogP contribution < -0.4 is 5.32 Å². The summed E-state index contributed by atoms with van der Waals surface area (Å²) < 4.78 is 13.7. The molecule has 0 saturated heterocycles. The number of benzene rings is 3. The number of aromatic nitrogens is 2. The Kier molecular flexibility index (Phi) is 9.54. The lowest BCUT2D eigenvalue weighted by Gasteiger charge is -2.19. The molecule has 0 radical (unpaired) electrons. The number of hydrogen-bond donors (Lipinski definition) is 3. The first-order chi connectivity index (χ1) is 18.8. The first-order valence-electron chi connectivity index (χ1n) is 12.8. The zero-order valence-corrected chi connectivity index (χ0v) is 22.8. The van der Waals surface area contributed by atoms with Crippen molar-refractivity contribution in [3.05, 3.63) is 113 Å². The second-order valence-corrected chi connectivity index (χ2v) is 10.5. The molecule has 8 heteroatoms. The van der Waals surface area contributed by atoms with Crippen LogP contribution >= 0.6 is 11.8 Å². The minimum absolute atomic E-state index is 0.0161. The molecule has 6 nitrogen and oxygen atoms in total. The highest BCUT2D eigenvalue weighted by atomic mass is 32.2. The fraction of sp³-hybridized carbons (Fsp3) is 0.258. The van der Waals surface area contributed by atoms with Gasteiger partial charge in [-0.25, -0.2) is 14.2 Å². The number of carboxylic acids is 1. The summed E-state index contributed by atoms with van der Waals surface area (Å²) in [6.45, 7) is 1.95. The maximum absolute atomic E-state index is 13.7. The Balaban J connectivity index is 1.67. The van der Waals surface area contributed by atoms with Crippen molar-refractivity contribution < 1.29 is 19.1 Å². The highest BCUT2D eigenvalue weighted by Gasteiger charge is 2.23. The normalized spacial score (nSPS) is 12.6. The summed E-state index contributed by atoms with van der Waals surface area (Å²) in [7, 11) is 0. The Morgan fingerprint density at radius 1 is 1.05 bits per heavy atom. The van der Waals surface area contributed by atoms with Gasteiger partial charge in [-0.15, -0.1) is 0 Å². The molecule has 39 heavy (non-hydrogen) atoms. The number of amides is 1. The number of aliphatic carboxylic acids is 1. The molecule has 0 aliphatic carbocycles. The maximum Gasteiger partial charge on any atom is 0.326 e. The average molecular weight is 546 g/mol. The van der Waals surface area contributed by atoms with Crippen LogP contribution in [0.3, 0.4) is 0 Å². The second-order valence-electron chi connectivity index (χ2n) is 9.56. The van der Waals surface area contributed by atoms with E-state index < -0.39 is 17.9 Å². The minimum Gasteiger partial charge on any atom is -0.480 e. The number of imidazole rings is 1. The van der Waals surface area contributed by atoms with Gasteiger partial charge in [0.25, 0.3) is 5.91 Å². The van der Waals surface area contributed by atoms with Crippen molar-refractivity contribution in [3.8, 4) is 11.1 Å². The van der Waals surface area contributed by atoms with E-state index >= 15 is 0 Å². The van der Waals surface area contributed by atoms with Gasteiger partial charge in [0, 0.05) is 23.9 Å². The van der Waals surface area contributed by atoms with E-state index in [1.54, 1.807) is 24.4 Å². The fourth-order valence-corrected chi connectivity index (χ4v) is 5.10.